The van der Waals surface area contributed by atoms with Gasteiger partial charge in [0.25, 0.3) is 5.91 Å². The average molecular weight is 284 g/mol. The average Bonchev–Trinajstić information content (AvgIpc) is 2.38. The van der Waals surface area contributed by atoms with Crippen molar-refractivity contribution in [1.29, 1.82) is 0 Å². The molecule has 2 N–H and O–H groups in total. The maximum absolute atomic E-state index is 12.7. The lowest BCUT2D eigenvalue weighted by Crippen LogP contribution is -2.46. The monoisotopic (exact) mass is 284 g/mol. The summed E-state index contributed by atoms with van der Waals surface area (Å²) in [5.41, 5.74) is 0.260. The van der Waals surface area contributed by atoms with E-state index >= 15 is 0 Å². The van der Waals surface area contributed by atoms with Crippen molar-refractivity contribution in [2.75, 3.05) is 7.11 Å². The van der Waals surface area contributed by atoms with E-state index in [2.05, 4.69) is 15.4 Å². The highest BCUT2D eigenvalue weighted by Gasteiger charge is 2.15. The Bertz CT molecular complexity index is 490. The van der Waals surface area contributed by atoms with Crippen LogP contribution in [0.25, 0.3) is 0 Å². The van der Waals surface area contributed by atoms with Gasteiger partial charge in [0.15, 0.2) is 5.11 Å². The van der Waals surface area contributed by atoms with Crippen LogP contribution in [0.4, 0.5) is 4.39 Å². The number of methoxy groups -OCH3 is 1. The molecule has 1 unspecified atom stereocenters. The second-order valence-corrected chi connectivity index (χ2v) is 4.09. The molecule has 1 aromatic rings. The van der Waals surface area contributed by atoms with Crippen LogP contribution in [-0.2, 0) is 9.53 Å². The number of hydrogen-bond acceptors (Lipinski definition) is 4. The molecule has 7 heteroatoms. The second kappa shape index (κ2) is 6.79. The number of benzene rings is 1. The SMILES string of the molecule is COC(=O)C(C)NC(=S)NC(=O)c1ccc(F)cc1. The van der Waals surface area contributed by atoms with Gasteiger partial charge in [-0.05, 0) is 43.4 Å². The van der Waals surface area contributed by atoms with Crippen LogP contribution in [0.15, 0.2) is 24.3 Å². The summed E-state index contributed by atoms with van der Waals surface area (Å²) < 4.78 is 17.2. The van der Waals surface area contributed by atoms with Gasteiger partial charge in [-0.15, -0.1) is 0 Å². The molecule has 0 saturated heterocycles. The van der Waals surface area contributed by atoms with E-state index in [4.69, 9.17) is 12.2 Å². The van der Waals surface area contributed by atoms with Crippen LogP contribution in [0.2, 0.25) is 0 Å². The molecule has 0 fully saturated rings. The highest BCUT2D eigenvalue weighted by atomic mass is 32.1. The molecule has 0 aliphatic rings. The largest absolute Gasteiger partial charge is 0.467 e. The van der Waals surface area contributed by atoms with Gasteiger partial charge in [-0.1, -0.05) is 0 Å². The Hall–Kier alpha value is -2.02. The quantitative estimate of drug-likeness (QED) is 0.640. The molecule has 102 valence electrons. The minimum atomic E-state index is -0.675. The van der Waals surface area contributed by atoms with Crippen LogP contribution in [-0.4, -0.2) is 30.1 Å². The van der Waals surface area contributed by atoms with Gasteiger partial charge in [-0.25, -0.2) is 9.18 Å². The number of halogens is 1. The molecule has 19 heavy (non-hydrogen) atoms. The lowest BCUT2D eigenvalue weighted by Gasteiger charge is -2.14. The van der Waals surface area contributed by atoms with E-state index in [0.29, 0.717) is 0 Å². The van der Waals surface area contributed by atoms with Crippen molar-refractivity contribution < 1.29 is 18.7 Å². The molecule has 1 amide bonds. The fourth-order valence-electron chi connectivity index (χ4n) is 1.24. The maximum atomic E-state index is 12.7. The Balaban J connectivity index is 2.55. The molecule has 0 aliphatic heterocycles. The number of nitrogens with one attached hydrogen (secondary N) is 2. The third-order valence-corrected chi connectivity index (χ3v) is 2.46. The summed E-state index contributed by atoms with van der Waals surface area (Å²) in [4.78, 5) is 22.9. The molecule has 0 spiro atoms. The summed E-state index contributed by atoms with van der Waals surface area (Å²) in [6.45, 7) is 1.54. The highest BCUT2D eigenvalue weighted by molar-refractivity contribution is 7.80. The zero-order valence-corrected chi connectivity index (χ0v) is 11.2. The van der Waals surface area contributed by atoms with Crippen molar-refractivity contribution in [3.05, 3.63) is 35.6 Å². The van der Waals surface area contributed by atoms with E-state index in [0.717, 1.165) is 0 Å². The molecule has 1 rings (SSSR count). The fourth-order valence-corrected chi connectivity index (χ4v) is 1.51. The fraction of sp³-hybridized carbons (Fsp3) is 0.250. The van der Waals surface area contributed by atoms with Gasteiger partial charge in [-0.2, -0.15) is 0 Å². The summed E-state index contributed by atoms with van der Waals surface area (Å²) in [7, 11) is 1.25. The molecule has 0 bridgehead atoms. The summed E-state index contributed by atoms with van der Waals surface area (Å²) in [5, 5.41) is 4.96. The molecule has 0 aliphatic carbocycles. The minimum Gasteiger partial charge on any atom is -0.467 e. The number of carbonyl (C=O) groups excluding carboxylic acids is 2. The molecule has 0 saturated carbocycles. The van der Waals surface area contributed by atoms with Crippen molar-refractivity contribution in [2.24, 2.45) is 0 Å². The van der Waals surface area contributed by atoms with Gasteiger partial charge in [0.2, 0.25) is 0 Å². The topological polar surface area (TPSA) is 67.4 Å². The zero-order chi connectivity index (χ0) is 14.4. The van der Waals surface area contributed by atoms with Gasteiger partial charge in [0.1, 0.15) is 11.9 Å². The Morgan fingerprint density at radius 2 is 1.89 bits per heavy atom. The number of rotatable bonds is 3. The first-order valence-corrected chi connectivity index (χ1v) is 5.80. The molecule has 1 atom stereocenters. The van der Waals surface area contributed by atoms with Gasteiger partial charge in [0.05, 0.1) is 7.11 Å². The first-order chi connectivity index (χ1) is 8.93. The highest BCUT2D eigenvalue weighted by Crippen LogP contribution is 2.02. The third kappa shape index (κ3) is 4.63. The van der Waals surface area contributed by atoms with Crippen LogP contribution in [0.1, 0.15) is 17.3 Å². The Morgan fingerprint density at radius 3 is 2.42 bits per heavy atom. The van der Waals surface area contributed by atoms with Crippen molar-refractivity contribution >= 4 is 29.2 Å². The van der Waals surface area contributed by atoms with Crippen LogP contribution >= 0.6 is 12.2 Å². The lowest BCUT2D eigenvalue weighted by molar-refractivity contribution is -0.142. The van der Waals surface area contributed by atoms with Crippen LogP contribution < -0.4 is 10.6 Å². The van der Waals surface area contributed by atoms with Gasteiger partial charge < -0.3 is 10.1 Å². The predicted octanol–water partition coefficient (Wildman–Crippen LogP) is 0.991. The number of amides is 1. The summed E-state index contributed by atoms with van der Waals surface area (Å²) in [6, 6.07) is 4.32. The van der Waals surface area contributed by atoms with E-state index in [9.17, 15) is 14.0 Å². The summed E-state index contributed by atoms with van der Waals surface area (Å²) in [6.07, 6.45) is 0. The van der Waals surface area contributed by atoms with E-state index in [1.165, 1.54) is 31.4 Å². The third-order valence-electron chi connectivity index (χ3n) is 2.24. The van der Waals surface area contributed by atoms with Crippen molar-refractivity contribution in [2.45, 2.75) is 13.0 Å². The van der Waals surface area contributed by atoms with Crippen LogP contribution in [0.3, 0.4) is 0 Å². The smallest absolute Gasteiger partial charge is 0.328 e. The number of esters is 1. The molecule has 5 nitrogen and oxygen atoms in total. The second-order valence-electron chi connectivity index (χ2n) is 3.68. The number of carbonyl (C=O) groups is 2. The van der Waals surface area contributed by atoms with E-state index in [-0.39, 0.29) is 10.7 Å². The molecule has 0 radical (unpaired) electrons. The molecule has 1 aromatic carbocycles. The molecule has 0 aromatic heterocycles. The van der Waals surface area contributed by atoms with Crippen molar-refractivity contribution in [3.63, 3.8) is 0 Å². The number of ether oxygens (including phenoxy) is 1. The van der Waals surface area contributed by atoms with Crippen molar-refractivity contribution in [1.82, 2.24) is 10.6 Å². The molecular formula is C12H13FN2O3S. The van der Waals surface area contributed by atoms with Gasteiger partial charge in [-0.3, -0.25) is 10.1 Å². The standard InChI is InChI=1S/C12H13FN2O3S/c1-7(11(17)18-2)14-12(19)15-10(16)8-3-5-9(13)6-4-8/h3-7H,1-2H3,(H2,14,15,16,19). The molecule has 0 heterocycles. The van der Waals surface area contributed by atoms with E-state index in [1.54, 1.807) is 6.92 Å². The van der Waals surface area contributed by atoms with Crippen molar-refractivity contribution in [3.8, 4) is 0 Å². The van der Waals surface area contributed by atoms with E-state index < -0.39 is 23.7 Å². The predicted molar refractivity (Wildman–Crippen MR) is 71.1 cm³/mol. The summed E-state index contributed by atoms with van der Waals surface area (Å²) >= 11 is 4.87. The maximum Gasteiger partial charge on any atom is 0.328 e. The zero-order valence-electron chi connectivity index (χ0n) is 10.4. The van der Waals surface area contributed by atoms with Gasteiger partial charge in [0, 0.05) is 5.56 Å². The number of thiocarbonyl (C=S) groups is 1. The number of hydrogen-bond donors (Lipinski definition) is 2. The minimum absolute atomic E-state index is 0.00720. The normalized spacial score (nSPS) is 11.3. The Morgan fingerprint density at radius 1 is 1.32 bits per heavy atom. The Kier molecular flexibility index (Phi) is 5.37. The molecular weight excluding hydrogens is 271 g/mol. The van der Waals surface area contributed by atoms with Crippen LogP contribution in [0, 0.1) is 5.82 Å². The first kappa shape index (κ1) is 15.0. The van der Waals surface area contributed by atoms with Crippen LogP contribution in [0.5, 0.6) is 0 Å². The first-order valence-electron chi connectivity index (χ1n) is 5.39. The Labute approximate surface area is 115 Å². The van der Waals surface area contributed by atoms with Gasteiger partial charge >= 0.3 is 5.97 Å². The van der Waals surface area contributed by atoms with E-state index in [1.807, 2.05) is 0 Å². The lowest BCUT2D eigenvalue weighted by atomic mass is 10.2. The summed E-state index contributed by atoms with van der Waals surface area (Å²) in [5.74, 6) is -1.43.